The van der Waals surface area contributed by atoms with Crippen LogP contribution in [0.5, 0.6) is 0 Å². The highest BCUT2D eigenvalue weighted by atomic mass is 16.5. The maximum absolute atomic E-state index is 11.7. The van der Waals surface area contributed by atoms with Crippen LogP contribution in [0.25, 0.3) is 22.2 Å². The van der Waals surface area contributed by atoms with Crippen molar-refractivity contribution in [3.8, 4) is 11.3 Å². The second kappa shape index (κ2) is 6.80. The molecule has 6 nitrogen and oxygen atoms in total. The van der Waals surface area contributed by atoms with Gasteiger partial charge < -0.3 is 14.6 Å². The van der Waals surface area contributed by atoms with E-state index in [1.54, 1.807) is 6.20 Å². The van der Waals surface area contributed by atoms with Crippen molar-refractivity contribution in [3.05, 3.63) is 48.0 Å². The van der Waals surface area contributed by atoms with E-state index < -0.39 is 0 Å². The van der Waals surface area contributed by atoms with Gasteiger partial charge in [0, 0.05) is 55.1 Å². The average Bonchev–Trinajstić information content (AvgIpc) is 2.91. The predicted molar refractivity (Wildman–Crippen MR) is 92.4 cm³/mol. The Balaban J connectivity index is 2.03. The number of hydrogen-bond donors (Lipinski definition) is 1. The van der Waals surface area contributed by atoms with Gasteiger partial charge in [-0.05, 0) is 13.0 Å². The molecule has 124 valence electrons. The summed E-state index contributed by atoms with van der Waals surface area (Å²) in [5, 5.41) is 3.96. The fourth-order valence-electron chi connectivity index (χ4n) is 2.76. The van der Waals surface area contributed by atoms with Crippen LogP contribution >= 0.6 is 0 Å². The number of benzene rings is 1. The summed E-state index contributed by atoms with van der Waals surface area (Å²) in [5.74, 6) is 0.534. The number of carbonyl (C=O) groups is 1. The van der Waals surface area contributed by atoms with E-state index in [-0.39, 0.29) is 12.5 Å². The number of amides is 1. The Morgan fingerprint density at radius 2 is 2.12 bits per heavy atom. The normalized spacial score (nSPS) is 11.0. The van der Waals surface area contributed by atoms with Crippen molar-refractivity contribution in [1.29, 1.82) is 0 Å². The minimum absolute atomic E-state index is 0.0380. The highest BCUT2D eigenvalue weighted by molar-refractivity contribution is 5.95. The van der Waals surface area contributed by atoms with Gasteiger partial charge in [0.15, 0.2) is 0 Å². The molecule has 0 unspecified atom stereocenters. The zero-order chi connectivity index (χ0) is 17.1. The van der Waals surface area contributed by atoms with E-state index in [1.165, 1.54) is 7.11 Å². The number of carbonyl (C=O) groups excluding carboxylic acids is 1. The Morgan fingerprint density at radius 3 is 2.92 bits per heavy atom. The lowest BCUT2D eigenvalue weighted by Gasteiger charge is -2.10. The molecule has 0 aliphatic rings. The Bertz CT molecular complexity index is 886. The van der Waals surface area contributed by atoms with Crippen LogP contribution < -0.4 is 5.32 Å². The van der Waals surface area contributed by atoms with Crippen molar-refractivity contribution in [3.63, 3.8) is 0 Å². The first-order valence-electron chi connectivity index (χ1n) is 7.72. The molecule has 6 heteroatoms. The maximum atomic E-state index is 11.7. The molecule has 0 spiro atoms. The molecule has 1 N–H and O–H groups in total. The lowest BCUT2D eigenvalue weighted by atomic mass is 10.1. The molecule has 0 aliphatic carbocycles. The van der Waals surface area contributed by atoms with Gasteiger partial charge in [0.25, 0.3) is 0 Å². The number of aromatic nitrogens is 3. The van der Waals surface area contributed by atoms with E-state index in [0.717, 1.165) is 27.7 Å². The van der Waals surface area contributed by atoms with Crippen LogP contribution in [0, 0.1) is 6.92 Å². The van der Waals surface area contributed by atoms with Crippen molar-refractivity contribution >= 4 is 16.8 Å². The smallest absolute Gasteiger partial charge is 0.246 e. The third-order valence-corrected chi connectivity index (χ3v) is 3.89. The SMILES string of the molecule is COCC(=O)NCc1cnc(C)nc1-c1cn(C)c2ccccc12. The van der Waals surface area contributed by atoms with Crippen molar-refractivity contribution < 1.29 is 9.53 Å². The van der Waals surface area contributed by atoms with Crippen LogP contribution in [0.3, 0.4) is 0 Å². The molecule has 0 aliphatic heterocycles. The summed E-state index contributed by atoms with van der Waals surface area (Å²) in [6, 6.07) is 8.19. The third-order valence-electron chi connectivity index (χ3n) is 3.89. The molecular formula is C18H20N4O2. The standard InChI is InChI=1S/C18H20N4O2/c1-12-19-8-13(9-20-17(23)11-24-3)18(21-12)15-10-22(2)16-7-5-4-6-14(15)16/h4-8,10H,9,11H2,1-3H3,(H,20,23). The molecule has 0 fully saturated rings. The molecule has 24 heavy (non-hydrogen) atoms. The summed E-state index contributed by atoms with van der Waals surface area (Å²) in [7, 11) is 3.51. The van der Waals surface area contributed by atoms with Gasteiger partial charge in [-0.2, -0.15) is 0 Å². The molecule has 0 atom stereocenters. The fraction of sp³-hybridized carbons (Fsp3) is 0.278. The zero-order valence-electron chi connectivity index (χ0n) is 14.0. The Hall–Kier alpha value is -2.73. The molecular weight excluding hydrogens is 304 g/mol. The van der Waals surface area contributed by atoms with Crippen molar-refractivity contribution in [1.82, 2.24) is 19.9 Å². The summed E-state index contributed by atoms with van der Waals surface area (Å²) in [5.41, 5.74) is 3.89. The molecule has 0 saturated carbocycles. The van der Waals surface area contributed by atoms with Gasteiger partial charge in [-0.1, -0.05) is 18.2 Å². The van der Waals surface area contributed by atoms with Crippen LogP contribution in [0.15, 0.2) is 36.7 Å². The van der Waals surface area contributed by atoms with E-state index in [9.17, 15) is 4.79 Å². The van der Waals surface area contributed by atoms with Crippen LogP contribution in [-0.2, 0) is 23.1 Å². The lowest BCUT2D eigenvalue weighted by Crippen LogP contribution is -2.27. The molecule has 0 saturated heterocycles. The molecule has 0 radical (unpaired) electrons. The molecule has 0 bridgehead atoms. The van der Waals surface area contributed by atoms with Crippen LogP contribution in [0.1, 0.15) is 11.4 Å². The monoisotopic (exact) mass is 324 g/mol. The summed E-state index contributed by atoms with van der Waals surface area (Å²) < 4.78 is 6.92. The largest absolute Gasteiger partial charge is 0.375 e. The summed E-state index contributed by atoms with van der Waals surface area (Å²) in [6.07, 6.45) is 3.83. The minimum Gasteiger partial charge on any atom is -0.375 e. The second-order valence-corrected chi connectivity index (χ2v) is 5.67. The van der Waals surface area contributed by atoms with Crippen LogP contribution in [-0.4, -0.2) is 34.2 Å². The van der Waals surface area contributed by atoms with Gasteiger partial charge in [0.1, 0.15) is 12.4 Å². The van der Waals surface area contributed by atoms with Gasteiger partial charge in [-0.15, -0.1) is 0 Å². The molecule has 2 heterocycles. The number of para-hydroxylation sites is 1. The second-order valence-electron chi connectivity index (χ2n) is 5.67. The zero-order valence-corrected chi connectivity index (χ0v) is 14.0. The quantitative estimate of drug-likeness (QED) is 0.781. The molecule has 3 aromatic rings. The van der Waals surface area contributed by atoms with Crippen molar-refractivity contribution in [2.75, 3.05) is 13.7 Å². The molecule has 2 aromatic heterocycles. The number of rotatable bonds is 5. The Morgan fingerprint density at radius 1 is 1.33 bits per heavy atom. The van der Waals surface area contributed by atoms with E-state index in [2.05, 4.69) is 38.2 Å². The topological polar surface area (TPSA) is 69.0 Å². The Labute approximate surface area is 140 Å². The number of ether oxygens (including phenoxy) is 1. The Kier molecular flexibility index (Phi) is 4.57. The first-order chi connectivity index (χ1) is 11.6. The van der Waals surface area contributed by atoms with E-state index in [1.807, 2.05) is 26.1 Å². The third kappa shape index (κ3) is 3.14. The molecule has 1 aromatic carbocycles. The van der Waals surface area contributed by atoms with Gasteiger partial charge in [0.05, 0.1) is 5.69 Å². The average molecular weight is 324 g/mol. The highest BCUT2D eigenvalue weighted by Gasteiger charge is 2.15. The first-order valence-corrected chi connectivity index (χ1v) is 7.72. The number of fused-ring (bicyclic) bond motifs is 1. The van der Waals surface area contributed by atoms with Crippen molar-refractivity contribution in [2.45, 2.75) is 13.5 Å². The van der Waals surface area contributed by atoms with Gasteiger partial charge >= 0.3 is 0 Å². The van der Waals surface area contributed by atoms with Gasteiger partial charge in [-0.25, -0.2) is 9.97 Å². The number of hydrogen-bond acceptors (Lipinski definition) is 4. The number of methoxy groups -OCH3 is 1. The lowest BCUT2D eigenvalue weighted by molar-refractivity contribution is -0.124. The van der Waals surface area contributed by atoms with E-state index in [4.69, 9.17) is 4.74 Å². The minimum atomic E-state index is -0.165. The summed E-state index contributed by atoms with van der Waals surface area (Å²) in [6.45, 7) is 2.26. The summed E-state index contributed by atoms with van der Waals surface area (Å²) in [4.78, 5) is 20.6. The predicted octanol–water partition coefficient (Wildman–Crippen LogP) is 2.21. The summed E-state index contributed by atoms with van der Waals surface area (Å²) >= 11 is 0. The van der Waals surface area contributed by atoms with E-state index >= 15 is 0 Å². The van der Waals surface area contributed by atoms with Gasteiger partial charge in [0.2, 0.25) is 5.91 Å². The van der Waals surface area contributed by atoms with E-state index in [0.29, 0.717) is 12.4 Å². The van der Waals surface area contributed by atoms with Crippen molar-refractivity contribution in [2.24, 2.45) is 7.05 Å². The maximum Gasteiger partial charge on any atom is 0.246 e. The number of nitrogens with one attached hydrogen (secondary N) is 1. The number of aryl methyl sites for hydroxylation is 2. The molecule has 3 rings (SSSR count). The highest BCUT2D eigenvalue weighted by Crippen LogP contribution is 2.30. The fourth-order valence-corrected chi connectivity index (χ4v) is 2.76. The molecule has 1 amide bonds. The van der Waals surface area contributed by atoms with Crippen LogP contribution in [0.4, 0.5) is 0 Å². The van der Waals surface area contributed by atoms with Gasteiger partial charge in [-0.3, -0.25) is 4.79 Å². The first kappa shape index (κ1) is 16.1. The number of nitrogens with zero attached hydrogens (tertiary/aromatic N) is 3. The van der Waals surface area contributed by atoms with Crippen LogP contribution in [0.2, 0.25) is 0 Å².